The first kappa shape index (κ1) is 19.3. The summed E-state index contributed by atoms with van der Waals surface area (Å²) in [6.07, 6.45) is 2.48. The number of hydrogen-bond acceptors (Lipinski definition) is 6. The molecule has 9 heteroatoms. The number of carbonyl (C=O) groups excluding carboxylic acids is 2. The van der Waals surface area contributed by atoms with Crippen LogP contribution in [0.5, 0.6) is 0 Å². The highest BCUT2D eigenvalue weighted by atomic mass is 79.9. The Hall–Kier alpha value is -1.45. The number of hydrogen-bond donors (Lipinski definition) is 1. The summed E-state index contributed by atoms with van der Waals surface area (Å²) < 4.78 is 1.65. The standard InChI is InChI=1S/C17H19BrN4O2S2/c1-3-14(23)22(13-8-9-13)16-20-21-17(26-16)25-10(2)15(24)19-12-6-4-11(18)5-7-12/h4-7,10,13H,3,8-9H2,1-2H3,(H,19,24). The lowest BCUT2D eigenvalue weighted by Gasteiger charge is -2.17. The van der Waals surface area contributed by atoms with Crippen LogP contribution in [0.4, 0.5) is 10.8 Å². The van der Waals surface area contributed by atoms with Gasteiger partial charge >= 0.3 is 0 Å². The maximum absolute atomic E-state index is 12.4. The highest BCUT2D eigenvalue weighted by Crippen LogP contribution is 2.37. The van der Waals surface area contributed by atoms with E-state index in [4.69, 9.17) is 0 Å². The molecule has 2 amide bonds. The molecule has 1 atom stereocenters. The molecule has 1 unspecified atom stereocenters. The molecule has 1 aliphatic rings. The summed E-state index contributed by atoms with van der Waals surface area (Å²) >= 11 is 6.09. The maximum atomic E-state index is 12.4. The van der Waals surface area contributed by atoms with Gasteiger partial charge in [-0.15, -0.1) is 10.2 Å². The van der Waals surface area contributed by atoms with Gasteiger partial charge in [0.2, 0.25) is 16.9 Å². The molecule has 0 radical (unpaired) electrons. The Morgan fingerprint density at radius 2 is 2.04 bits per heavy atom. The van der Waals surface area contributed by atoms with E-state index in [9.17, 15) is 9.59 Å². The minimum Gasteiger partial charge on any atom is -0.325 e. The molecule has 26 heavy (non-hydrogen) atoms. The van der Waals surface area contributed by atoms with E-state index in [1.165, 1.54) is 23.1 Å². The molecule has 3 rings (SSSR count). The molecule has 1 aliphatic carbocycles. The van der Waals surface area contributed by atoms with Crippen molar-refractivity contribution in [3.05, 3.63) is 28.7 Å². The Kier molecular flexibility index (Phi) is 6.31. The van der Waals surface area contributed by atoms with E-state index in [2.05, 4.69) is 31.4 Å². The van der Waals surface area contributed by atoms with Gasteiger partial charge in [-0.2, -0.15) is 0 Å². The number of carbonyl (C=O) groups is 2. The van der Waals surface area contributed by atoms with Crippen LogP contribution in [-0.4, -0.2) is 33.3 Å². The molecule has 6 nitrogen and oxygen atoms in total. The van der Waals surface area contributed by atoms with Gasteiger partial charge in [-0.3, -0.25) is 14.5 Å². The third-order valence-corrected chi connectivity index (χ3v) is 6.48. The topological polar surface area (TPSA) is 75.2 Å². The van der Waals surface area contributed by atoms with Gasteiger partial charge in [0.1, 0.15) is 0 Å². The van der Waals surface area contributed by atoms with E-state index < -0.39 is 0 Å². The lowest BCUT2D eigenvalue weighted by molar-refractivity contribution is -0.118. The molecule has 1 saturated carbocycles. The molecular weight excluding hydrogens is 436 g/mol. The molecule has 0 aliphatic heterocycles. The second-order valence-corrected chi connectivity index (χ2v) is 9.41. The van der Waals surface area contributed by atoms with Crippen molar-refractivity contribution in [3.63, 3.8) is 0 Å². The third-order valence-electron chi connectivity index (χ3n) is 3.84. The van der Waals surface area contributed by atoms with E-state index in [-0.39, 0.29) is 23.1 Å². The van der Waals surface area contributed by atoms with Crippen LogP contribution >= 0.6 is 39.0 Å². The van der Waals surface area contributed by atoms with Crippen molar-refractivity contribution >= 4 is 61.7 Å². The molecule has 1 aromatic carbocycles. The lowest BCUT2D eigenvalue weighted by Crippen LogP contribution is -2.32. The summed E-state index contributed by atoms with van der Waals surface area (Å²) in [4.78, 5) is 26.3. The zero-order chi connectivity index (χ0) is 18.7. The monoisotopic (exact) mass is 454 g/mol. The molecule has 1 fully saturated rings. The number of thioether (sulfide) groups is 1. The van der Waals surface area contributed by atoms with Gasteiger partial charge in [-0.05, 0) is 44.0 Å². The van der Waals surface area contributed by atoms with Crippen LogP contribution in [-0.2, 0) is 9.59 Å². The van der Waals surface area contributed by atoms with Crippen LogP contribution in [0.15, 0.2) is 33.1 Å². The Morgan fingerprint density at radius 3 is 2.65 bits per heavy atom. The van der Waals surface area contributed by atoms with E-state index >= 15 is 0 Å². The molecule has 138 valence electrons. The fourth-order valence-corrected chi connectivity index (χ4v) is 4.64. The van der Waals surface area contributed by atoms with E-state index in [0.29, 0.717) is 15.9 Å². The quantitative estimate of drug-likeness (QED) is 0.497. The van der Waals surface area contributed by atoms with Gasteiger partial charge < -0.3 is 5.32 Å². The summed E-state index contributed by atoms with van der Waals surface area (Å²) in [6, 6.07) is 7.69. The zero-order valence-corrected chi connectivity index (χ0v) is 17.7. The minimum atomic E-state index is -0.323. The van der Waals surface area contributed by atoms with Crippen LogP contribution in [0, 0.1) is 0 Å². The molecule has 0 bridgehead atoms. The SMILES string of the molecule is CCC(=O)N(c1nnc(SC(C)C(=O)Nc2ccc(Br)cc2)s1)C1CC1. The molecule has 2 aromatic rings. The van der Waals surface area contributed by atoms with Crippen LogP contribution in [0.1, 0.15) is 33.1 Å². The summed E-state index contributed by atoms with van der Waals surface area (Å²) in [6.45, 7) is 3.68. The number of anilines is 2. The van der Waals surface area contributed by atoms with Crippen molar-refractivity contribution in [1.82, 2.24) is 10.2 Å². The fourth-order valence-electron chi connectivity index (χ4n) is 2.30. The average molecular weight is 455 g/mol. The minimum absolute atomic E-state index is 0.0706. The summed E-state index contributed by atoms with van der Waals surface area (Å²) in [5, 5.41) is 11.5. The van der Waals surface area contributed by atoms with E-state index in [1.807, 2.05) is 38.1 Å². The number of rotatable bonds is 7. The second kappa shape index (κ2) is 8.49. The van der Waals surface area contributed by atoms with Crippen molar-refractivity contribution in [2.24, 2.45) is 0 Å². The number of amides is 2. The smallest absolute Gasteiger partial charge is 0.237 e. The van der Waals surface area contributed by atoms with Gasteiger partial charge in [-0.25, -0.2) is 0 Å². The summed E-state index contributed by atoms with van der Waals surface area (Å²) in [5.41, 5.74) is 0.747. The summed E-state index contributed by atoms with van der Waals surface area (Å²) in [7, 11) is 0. The number of benzene rings is 1. The third kappa shape index (κ3) is 4.83. The van der Waals surface area contributed by atoms with Crippen LogP contribution < -0.4 is 10.2 Å². The predicted molar refractivity (Wildman–Crippen MR) is 109 cm³/mol. The molecule has 1 heterocycles. The number of aromatic nitrogens is 2. The predicted octanol–water partition coefficient (Wildman–Crippen LogP) is 4.33. The van der Waals surface area contributed by atoms with Gasteiger partial charge in [0.05, 0.1) is 5.25 Å². The molecular formula is C17H19BrN4O2S2. The molecule has 1 N–H and O–H groups in total. The van der Waals surface area contributed by atoms with Gasteiger partial charge in [0, 0.05) is 22.6 Å². The Balaban J connectivity index is 1.61. The zero-order valence-electron chi connectivity index (χ0n) is 14.4. The number of nitrogens with zero attached hydrogens (tertiary/aromatic N) is 3. The van der Waals surface area contributed by atoms with Crippen molar-refractivity contribution < 1.29 is 9.59 Å². The summed E-state index contributed by atoms with van der Waals surface area (Å²) in [5.74, 6) is -0.0287. The van der Waals surface area contributed by atoms with Crippen LogP contribution in [0.3, 0.4) is 0 Å². The van der Waals surface area contributed by atoms with Gasteiger partial charge in [-0.1, -0.05) is 46.0 Å². The van der Waals surface area contributed by atoms with Crippen LogP contribution in [0.25, 0.3) is 0 Å². The normalized spacial score (nSPS) is 14.7. The Labute approximate surface area is 168 Å². The van der Waals surface area contributed by atoms with Crippen molar-refractivity contribution in [2.45, 2.75) is 48.7 Å². The first-order chi connectivity index (χ1) is 12.5. The van der Waals surface area contributed by atoms with Crippen molar-refractivity contribution in [1.29, 1.82) is 0 Å². The Morgan fingerprint density at radius 1 is 1.35 bits per heavy atom. The fraction of sp³-hybridized carbons (Fsp3) is 0.412. The Bertz CT molecular complexity index is 792. The van der Waals surface area contributed by atoms with Gasteiger partial charge in [0.15, 0.2) is 4.34 Å². The number of nitrogens with one attached hydrogen (secondary N) is 1. The van der Waals surface area contributed by atoms with Crippen molar-refractivity contribution in [3.8, 4) is 0 Å². The molecule has 0 spiro atoms. The molecule has 0 saturated heterocycles. The van der Waals surface area contributed by atoms with E-state index in [0.717, 1.165) is 23.0 Å². The lowest BCUT2D eigenvalue weighted by atomic mass is 10.3. The van der Waals surface area contributed by atoms with Gasteiger partial charge in [0.25, 0.3) is 0 Å². The average Bonchev–Trinajstić information content (AvgIpc) is 3.36. The second-order valence-electron chi connectivity index (χ2n) is 5.96. The highest BCUT2D eigenvalue weighted by molar-refractivity contribution is 9.10. The molecule has 1 aromatic heterocycles. The number of halogens is 1. The first-order valence-electron chi connectivity index (χ1n) is 8.36. The van der Waals surface area contributed by atoms with Crippen LogP contribution in [0.2, 0.25) is 0 Å². The van der Waals surface area contributed by atoms with E-state index in [1.54, 1.807) is 4.90 Å². The maximum Gasteiger partial charge on any atom is 0.237 e. The largest absolute Gasteiger partial charge is 0.325 e. The first-order valence-corrected chi connectivity index (χ1v) is 10.9. The van der Waals surface area contributed by atoms with Crippen molar-refractivity contribution in [2.75, 3.05) is 10.2 Å². The highest BCUT2D eigenvalue weighted by Gasteiger charge is 2.35.